The van der Waals surface area contributed by atoms with Crippen LogP contribution < -0.4 is 14.4 Å². The minimum atomic E-state index is -4.28. The van der Waals surface area contributed by atoms with E-state index >= 15 is 0 Å². The predicted molar refractivity (Wildman–Crippen MR) is 165 cm³/mol. The number of nitrogens with one attached hydrogen (secondary N) is 1. The summed E-state index contributed by atoms with van der Waals surface area (Å²) in [6.45, 7) is 6.47. The van der Waals surface area contributed by atoms with Gasteiger partial charge in [0.2, 0.25) is 11.8 Å². The number of thioether (sulfide) groups is 1. The summed E-state index contributed by atoms with van der Waals surface area (Å²) >= 11 is 1.47. The fourth-order valence-electron chi connectivity index (χ4n) is 4.19. The van der Waals surface area contributed by atoms with Gasteiger partial charge >= 0.3 is 0 Å². The summed E-state index contributed by atoms with van der Waals surface area (Å²) in [6.07, 6.45) is 2.56. The lowest BCUT2D eigenvalue weighted by Crippen LogP contribution is -2.52. The first-order valence-corrected chi connectivity index (χ1v) is 16.4. The summed E-state index contributed by atoms with van der Waals surface area (Å²) in [7, 11) is -4.28. The molecule has 3 aromatic rings. The molecule has 0 aliphatic rings. The number of nitrogens with zero attached hydrogens (tertiary/aromatic N) is 2. The van der Waals surface area contributed by atoms with E-state index < -0.39 is 40.2 Å². The van der Waals surface area contributed by atoms with Gasteiger partial charge in [0.1, 0.15) is 24.2 Å². The first-order chi connectivity index (χ1) is 20.0. The third-order valence-corrected chi connectivity index (χ3v) is 9.34. The number of para-hydroxylation sites is 2. The van der Waals surface area contributed by atoms with Crippen LogP contribution in [0.3, 0.4) is 0 Å². The molecule has 0 fully saturated rings. The Kier molecular flexibility index (Phi) is 11.8. The van der Waals surface area contributed by atoms with Crippen LogP contribution in [0.15, 0.2) is 82.6 Å². The number of rotatable bonds is 14. The molecule has 226 valence electrons. The molecule has 0 saturated heterocycles. The smallest absolute Gasteiger partial charge is 0.264 e. The molecule has 3 rings (SSSR count). The van der Waals surface area contributed by atoms with E-state index in [1.54, 1.807) is 56.3 Å². The van der Waals surface area contributed by atoms with Gasteiger partial charge in [0, 0.05) is 23.0 Å². The number of hydrogen-bond acceptors (Lipinski definition) is 6. The first-order valence-electron chi connectivity index (χ1n) is 13.7. The zero-order chi connectivity index (χ0) is 30.9. The van der Waals surface area contributed by atoms with Crippen molar-refractivity contribution < 1.29 is 27.1 Å². The van der Waals surface area contributed by atoms with Gasteiger partial charge in [-0.15, -0.1) is 11.8 Å². The van der Waals surface area contributed by atoms with Crippen LogP contribution in [0, 0.1) is 5.82 Å². The number of carbonyl (C=O) groups is 2. The van der Waals surface area contributed by atoms with Crippen LogP contribution in [0.4, 0.5) is 10.1 Å². The average Bonchev–Trinajstić information content (AvgIpc) is 2.99. The number of carbonyl (C=O) groups excluding carboxylic acids is 2. The zero-order valence-corrected chi connectivity index (χ0v) is 26.2. The number of hydrogen-bond donors (Lipinski definition) is 1. The normalized spacial score (nSPS) is 12.7. The molecule has 0 saturated carbocycles. The Hall–Kier alpha value is -3.57. The van der Waals surface area contributed by atoms with E-state index in [1.165, 1.54) is 47.0 Å². The molecular formula is C31H38FN3O5S2. The second-order valence-electron chi connectivity index (χ2n) is 9.69. The van der Waals surface area contributed by atoms with Crippen LogP contribution in [0.25, 0.3) is 0 Å². The lowest BCUT2D eigenvalue weighted by molar-refractivity contribution is -0.139. The maximum absolute atomic E-state index is 14.7. The van der Waals surface area contributed by atoms with Gasteiger partial charge in [-0.3, -0.25) is 13.9 Å². The summed E-state index contributed by atoms with van der Waals surface area (Å²) in [6, 6.07) is 17.7. The van der Waals surface area contributed by atoms with Crippen LogP contribution in [0.5, 0.6) is 5.75 Å². The third kappa shape index (κ3) is 8.04. The highest BCUT2D eigenvalue weighted by Crippen LogP contribution is 2.33. The van der Waals surface area contributed by atoms with Gasteiger partial charge in [-0.2, -0.15) is 0 Å². The average molecular weight is 616 g/mol. The second-order valence-corrected chi connectivity index (χ2v) is 12.4. The zero-order valence-electron chi connectivity index (χ0n) is 24.5. The summed E-state index contributed by atoms with van der Waals surface area (Å²) in [4.78, 5) is 29.3. The van der Waals surface area contributed by atoms with Crippen LogP contribution in [-0.4, -0.2) is 56.6 Å². The molecule has 2 amide bonds. The Labute approximate surface area is 252 Å². The summed E-state index contributed by atoms with van der Waals surface area (Å²) < 4.78 is 49.6. The van der Waals surface area contributed by atoms with E-state index in [4.69, 9.17) is 4.74 Å². The molecule has 0 bridgehead atoms. The van der Waals surface area contributed by atoms with Crippen LogP contribution >= 0.6 is 11.8 Å². The largest absolute Gasteiger partial charge is 0.492 e. The number of sulfonamides is 1. The van der Waals surface area contributed by atoms with Gasteiger partial charge in [0.25, 0.3) is 10.0 Å². The van der Waals surface area contributed by atoms with Crippen LogP contribution in [0.2, 0.25) is 0 Å². The molecular weight excluding hydrogens is 577 g/mol. The maximum atomic E-state index is 14.7. The van der Waals surface area contributed by atoms with Gasteiger partial charge in [0.15, 0.2) is 0 Å². The van der Waals surface area contributed by atoms with Crippen molar-refractivity contribution in [3.8, 4) is 5.75 Å². The van der Waals surface area contributed by atoms with Gasteiger partial charge in [-0.1, -0.05) is 37.3 Å². The van der Waals surface area contributed by atoms with Crippen LogP contribution in [-0.2, 0) is 26.2 Å². The Bertz CT molecular complexity index is 1470. The SMILES string of the molecule is CCOc1ccccc1N(CC(=O)N(Cc1ccccc1F)[C@@H](C)C(=O)N[C@H](C)CC)S(=O)(=O)c1ccc(SC)cc1. The Morgan fingerprint density at radius 1 is 0.976 bits per heavy atom. The molecule has 0 aromatic heterocycles. The lowest BCUT2D eigenvalue weighted by atomic mass is 10.1. The maximum Gasteiger partial charge on any atom is 0.264 e. The predicted octanol–water partition coefficient (Wildman–Crippen LogP) is 5.47. The highest BCUT2D eigenvalue weighted by molar-refractivity contribution is 7.98. The standard InChI is InChI=1S/C31H38FN3O5S2/c1-6-22(3)33-31(37)23(4)34(20-24-12-8-9-13-27(24)32)30(36)21-35(28-14-10-11-15-29(28)40-7-2)42(38,39)26-18-16-25(41-5)17-19-26/h8-19,22-23H,6-7,20-21H2,1-5H3,(H,33,37)/t22-,23+/m1/s1. The third-order valence-electron chi connectivity index (χ3n) is 6.83. The highest BCUT2D eigenvalue weighted by Gasteiger charge is 2.34. The number of anilines is 1. The molecule has 11 heteroatoms. The van der Waals surface area contributed by atoms with E-state index in [2.05, 4.69) is 5.32 Å². The number of benzene rings is 3. The Morgan fingerprint density at radius 3 is 2.24 bits per heavy atom. The van der Waals surface area contributed by atoms with Gasteiger partial charge < -0.3 is 15.0 Å². The van der Waals surface area contributed by atoms with Crippen molar-refractivity contribution in [2.24, 2.45) is 0 Å². The van der Waals surface area contributed by atoms with Crippen molar-refractivity contribution in [1.29, 1.82) is 0 Å². The van der Waals surface area contributed by atoms with E-state index in [0.717, 1.165) is 9.20 Å². The molecule has 2 atom stereocenters. The summed E-state index contributed by atoms with van der Waals surface area (Å²) in [5.41, 5.74) is 0.370. The van der Waals surface area contributed by atoms with Crippen molar-refractivity contribution in [2.75, 3.05) is 23.7 Å². The summed E-state index contributed by atoms with van der Waals surface area (Å²) in [5, 5.41) is 2.86. The van der Waals surface area contributed by atoms with Crippen molar-refractivity contribution >= 4 is 39.3 Å². The monoisotopic (exact) mass is 615 g/mol. The van der Waals surface area contributed by atoms with Crippen LogP contribution in [0.1, 0.15) is 39.7 Å². The molecule has 3 aromatic carbocycles. The minimum Gasteiger partial charge on any atom is -0.492 e. The van der Waals surface area contributed by atoms with Gasteiger partial charge in [-0.05, 0) is 75.9 Å². The fourth-order valence-corrected chi connectivity index (χ4v) is 6.02. The van der Waals surface area contributed by atoms with E-state index in [0.29, 0.717) is 6.42 Å². The first kappa shape index (κ1) is 32.9. The quantitative estimate of drug-likeness (QED) is 0.242. The molecule has 0 radical (unpaired) electrons. The molecule has 0 spiro atoms. The highest BCUT2D eigenvalue weighted by atomic mass is 32.2. The molecule has 1 N–H and O–H groups in total. The molecule has 0 aliphatic carbocycles. The van der Waals surface area contributed by atoms with E-state index in [-0.39, 0.29) is 41.1 Å². The Balaban J connectivity index is 2.09. The molecule has 0 heterocycles. The van der Waals surface area contributed by atoms with Crippen molar-refractivity contribution in [3.05, 3.63) is 84.2 Å². The molecule has 42 heavy (non-hydrogen) atoms. The van der Waals surface area contributed by atoms with E-state index in [1.807, 2.05) is 20.1 Å². The van der Waals surface area contributed by atoms with E-state index in [9.17, 15) is 22.4 Å². The number of halogens is 1. The second kappa shape index (κ2) is 15.1. The minimum absolute atomic E-state index is 0.0115. The van der Waals surface area contributed by atoms with Gasteiger partial charge in [0.05, 0.1) is 17.2 Å². The van der Waals surface area contributed by atoms with Gasteiger partial charge in [-0.25, -0.2) is 12.8 Å². The molecule has 0 aliphatic heterocycles. The molecule has 8 nitrogen and oxygen atoms in total. The number of ether oxygens (including phenoxy) is 1. The number of amides is 2. The van der Waals surface area contributed by atoms with Crippen molar-refractivity contribution in [1.82, 2.24) is 10.2 Å². The molecule has 0 unspecified atom stereocenters. The van der Waals surface area contributed by atoms with Crippen molar-refractivity contribution in [2.45, 2.75) is 62.5 Å². The van der Waals surface area contributed by atoms with Crippen molar-refractivity contribution in [3.63, 3.8) is 0 Å². The Morgan fingerprint density at radius 2 is 1.62 bits per heavy atom. The summed E-state index contributed by atoms with van der Waals surface area (Å²) in [5.74, 6) is -1.36. The topological polar surface area (TPSA) is 96.0 Å². The lowest BCUT2D eigenvalue weighted by Gasteiger charge is -2.33. The fraction of sp³-hybridized carbons (Fsp3) is 0.355.